The predicted octanol–water partition coefficient (Wildman–Crippen LogP) is 2.00. The van der Waals surface area contributed by atoms with E-state index in [0.29, 0.717) is 16.6 Å². The molecule has 0 radical (unpaired) electrons. The van der Waals surface area contributed by atoms with E-state index in [2.05, 4.69) is 0 Å². The molecule has 0 spiro atoms. The van der Waals surface area contributed by atoms with E-state index in [1.165, 1.54) is 0 Å². The highest BCUT2D eigenvalue weighted by molar-refractivity contribution is 8.03. The van der Waals surface area contributed by atoms with Crippen molar-refractivity contribution < 1.29 is 21.8 Å². The lowest BCUT2D eigenvalue weighted by molar-refractivity contribution is -0.384. The Bertz CT molecular complexity index is 776. The molecule has 0 saturated heterocycles. The highest BCUT2D eigenvalue weighted by atomic mass is 35.5. The predicted molar refractivity (Wildman–Crippen MR) is 81.8 cm³/mol. The number of nitrogens with zero attached hydrogens (tertiary/aromatic N) is 2. The smallest absolute Gasteiger partial charge is 0.258 e. The quantitative estimate of drug-likeness (QED) is 0.535. The van der Waals surface area contributed by atoms with Crippen LogP contribution in [0.4, 0.5) is 5.69 Å². The zero-order valence-electron chi connectivity index (χ0n) is 11.9. The molecule has 0 fully saturated rings. The molecule has 124 valence electrons. The van der Waals surface area contributed by atoms with Crippen LogP contribution in [0.25, 0.3) is 0 Å². The summed E-state index contributed by atoms with van der Waals surface area (Å²) < 4.78 is 48.7. The van der Waals surface area contributed by atoms with Gasteiger partial charge in [0.15, 0.2) is 0 Å². The Labute approximate surface area is 133 Å². The minimum absolute atomic E-state index is 0.228. The lowest BCUT2D eigenvalue weighted by Gasteiger charge is -2.19. The highest BCUT2D eigenvalue weighted by Gasteiger charge is 2.33. The first-order chi connectivity index (χ1) is 10.0. The van der Waals surface area contributed by atoms with E-state index < -0.39 is 35.6 Å². The Morgan fingerprint density at radius 2 is 1.86 bits per heavy atom. The second-order valence-electron chi connectivity index (χ2n) is 4.49. The lowest BCUT2D eigenvalue weighted by atomic mass is 10.3. The van der Waals surface area contributed by atoms with Crippen molar-refractivity contribution in [2.45, 2.75) is 24.7 Å². The van der Waals surface area contributed by atoms with Crippen molar-refractivity contribution in [1.29, 1.82) is 0 Å². The lowest BCUT2D eigenvalue weighted by Crippen LogP contribution is -2.36. The third kappa shape index (κ3) is 4.15. The van der Waals surface area contributed by atoms with Crippen molar-refractivity contribution in [2.24, 2.45) is 0 Å². The van der Waals surface area contributed by atoms with Crippen LogP contribution in [-0.4, -0.2) is 38.3 Å². The standard InChI is InChI=1S/C11H15ClN2O6S2/c1-3-4-7-13(21(2,17)18)22(19,20)9-5-6-10(12)11(8-9)14(15)16/h5-6,8H,3-4,7H2,1-2H3. The van der Waals surface area contributed by atoms with Gasteiger partial charge in [0.1, 0.15) is 5.02 Å². The van der Waals surface area contributed by atoms with Crippen LogP contribution in [0.15, 0.2) is 23.1 Å². The fraction of sp³-hybridized carbons (Fsp3) is 0.455. The molecule has 8 nitrogen and oxygen atoms in total. The molecule has 0 N–H and O–H groups in total. The van der Waals surface area contributed by atoms with Crippen molar-refractivity contribution >= 4 is 37.3 Å². The van der Waals surface area contributed by atoms with Crippen LogP contribution in [0.2, 0.25) is 5.02 Å². The second kappa shape index (κ2) is 6.90. The molecule has 0 aliphatic rings. The molecule has 0 aromatic heterocycles. The number of unbranched alkanes of at least 4 members (excludes halogenated alkanes) is 1. The summed E-state index contributed by atoms with van der Waals surface area (Å²) in [7, 11) is -8.47. The highest BCUT2D eigenvalue weighted by Crippen LogP contribution is 2.29. The molecule has 0 unspecified atom stereocenters. The molecule has 0 aliphatic heterocycles. The van der Waals surface area contributed by atoms with Crippen LogP contribution < -0.4 is 0 Å². The largest absolute Gasteiger partial charge is 0.289 e. The number of sulfonamides is 2. The Kier molecular flexibility index (Phi) is 5.90. The van der Waals surface area contributed by atoms with E-state index in [1.807, 2.05) is 0 Å². The molecular weight excluding hydrogens is 356 g/mol. The second-order valence-corrected chi connectivity index (χ2v) is 8.90. The molecule has 1 rings (SSSR count). The fourth-order valence-electron chi connectivity index (χ4n) is 1.66. The molecule has 0 atom stereocenters. The molecule has 0 aliphatic carbocycles. The van der Waals surface area contributed by atoms with Crippen molar-refractivity contribution in [2.75, 3.05) is 12.8 Å². The summed E-state index contributed by atoms with van der Waals surface area (Å²) in [5, 5.41) is 10.6. The summed E-state index contributed by atoms with van der Waals surface area (Å²) in [6, 6.07) is 2.84. The first-order valence-corrected chi connectivity index (χ1v) is 9.85. The Hall–Kier alpha value is -1.23. The molecule has 0 bridgehead atoms. The summed E-state index contributed by atoms with van der Waals surface area (Å²) in [4.78, 5) is 9.50. The number of hydrogen-bond donors (Lipinski definition) is 0. The molecule has 0 amide bonds. The van der Waals surface area contributed by atoms with Gasteiger partial charge < -0.3 is 0 Å². The third-order valence-corrected chi connectivity index (χ3v) is 6.96. The summed E-state index contributed by atoms with van der Waals surface area (Å²) in [5.74, 6) is 0. The Morgan fingerprint density at radius 3 is 2.32 bits per heavy atom. The van der Waals surface area contributed by atoms with Crippen LogP contribution in [0.1, 0.15) is 19.8 Å². The van der Waals surface area contributed by atoms with Gasteiger partial charge in [-0.3, -0.25) is 10.1 Å². The molecule has 1 aromatic carbocycles. The number of benzene rings is 1. The summed E-state index contributed by atoms with van der Waals surface area (Å²) in [5.41, 5.74) is -0.605. The number of nitro benzene ring substituents is 1. The van der Waals surface area contributed by atoms with Gasteiger partial charge in [0.25, 0.3) is 15.7 Å². The number of hydrogen-bond acceptors (Lipinski definition) is 6. The summed E-state index contributed by atoms with van der Waals surface area (Å²) in [6.45, 7) is 1.55. The van der Waals surface area contributed by atoms with Gasteiger partial charge in [-0.15, -0.1) is 0 Å². The maximum absolute atomic E-state index is 12.5. The van der Waals surface area contributed by atoms with E-state index in [1.54, 1.807) is 6.92 Å². The first-order valence-electron chi connectivity index (χ1n) is 6.18. The third-order valence-electron chi connectivity index (χ3n) is 2.74. The van der Waals surface area contributed by atoms with Gasteiger partial charge in [0.2, 0.25) is 10.0 Å². The van der Waals surface area contributed by atoms with Gasteiger partial charge >= 0.3 is 0 Å². The van der Waals surface area contributed by atoms with Crippen molar-refractivity contribution in [1.82, 2.24) is 3.71 Å². The zero-order chi connectivity index (χ0) is 17.1. The topological polar surface area (TPSA) is 115 Å². The van der Waals surface area contributed by atoms with Gasteiger partial charge in [0, 0.05) is 12.6 Å². The molecule has 0 saturated carbocycles. The minimum Gasteiger partial charge on any atom is -0.258 e. The van der Waals surface area contributed by atoms with E-state index in [-0.39, 0.29) is 11.6 Å². The van der Waals surface area contributed by atoms with Gasteiger partial charge in [-0.2, -0.15) is 0 Å². The maximum atomic E-state index is 12.5. The van der Waals surface area contributed by atoms with Crippen LogP contribution in [-0.2, 0) is 20.0 Å². The minimum atomic E-state index is -4.42. The average molecular weight is 371 g/mol. The summed E-state index contributed by atoms with van der Waals surface area (Å²) in [6.07, 6.45) is 1.69. The van der Waals surface area contributed by atoms with Gasteiger partial charge in [-0.05, 0) is 18.6 Å². The van der Waals surface area contributed by atoms with Gasteiger partial charge in [-0.1, -0.05) is 28.7 Å². The van der Waals surface area contributed by atoms with E-state index in [9.17, 15) is 26.9 Å². The normalized spacial score (nSPS) is 12.5. The number of halogens is 1. The monoisotopic (exact) mass is 370 g/mol. The average Bonchev–Trinajstić information content (AvgIpc) is 2.37. The van der Waals surface area contributed by atoms with Crippen LogP contribution in [0.5, 0.6) is 0 Å². The van der Waals surface area contributed by atoms with Gasteiger partial charge in [-0.25, -0.2) is 16.8 Å². The van der Waals surface area contributed by atoms with Crippen LogP contribution >= 0.6 is 11.6 Å². The van der Waals surface area contributed by atoms with E-state index in [4.69, 9.17) is 11.6 Å². The van der Waals surface area contributed by atoms with E-state index in [0.717, 1.165) is 24.5 Å². The van der Waals surface area contributed by atoms with E-state index >= 15 is 0 Å². The molecule has 22 heavy (non-hydrogen) atoms. The van der Waals surface area contributed by atoms with Crippen LogP contribution in [0.3, 0.4) is 0 Å². The Balaban J connectivity index is 3.44. The van der Waals surface area contributed by atoms with Crippen molar-refractivity contribution in [3.05, 3.63) is 33.3 Å². The van der Waals surface area contributed by atoms with Crippen molar-refractivity contribution in [3.8, 4) is 0 Å². The summed E-state index contributed by atoms with van der Waals surface area (Å²) >= 11 is 5.63. The van der Waals surface area contributed by atoms with Gasteiger partial charge in [0.05, 0.1) is 16.1 Å². The molecule has 11 heteroatoms. The Morgan fingerprint density at radius 1 is 1.27 bits per heavy atom. The number of nitro groups is 1. The number of rotatable bonds is 7. The molecule has 0 heterocycles. The van der Waals surface area contributed by atoms with Crippen LogP contribution in [0, 0.1) is 10.1 Å². The molecular formula is C11H15ClN2O6S2. The first kappa shape index (κ1) is 18.8. The fourth-order valence-corrected chi connectivity index (χ4v) is 5.10. The molecule has 1 aromatic rings. The zero-order valence-corrected chi connectivity index (χ0v) is 14.3. The SMILES string of the molecule is CCCCN(S(C)(=O)=O)S(=O)(=O)c1ccc(Cl)c([N+](=O)[O-])c1. The maximum Gasteiger partial charge on any atom is 0.289 e. The van der Waals surface area contributed by atoms with Crippen molar-refractivity contribution in [3.63, 3.8) is 0 Å².